The highest BCUT2D eigenvalue weighted by Crippen LogP contribution is 2.26. The number of carbonyl (C=O) groups excluding carboxylic acids is 1. The number of anilines is 3. The van der Waals surface area contributed by atoms with Gasteiger partial charge in [0.05, 0.1) is 22.8 Å². The van der Waals surface area contributed by atoms with Gasteiger partial charge in [0, 0.05) is 43.6 Å². The predicted molar refractivity (Wildman–Crippen MR) is 135 cm³/mol. The number of halogens is 1. The van der Waals surface area contributed by atoms with Crippen LogP contribution in [0.15, 0.2) is 66.9 Å². The fraction of sp³-hybridized carbons (Fsp3) is 0.154. The summed E-state index contributed by atoms with van der Waals surface area (Å²) in [5.41, 5.74) is 2.21. The first-order valence-corrected chi connectivity index (χ1v) is 11.4. The first-order chi connectivity index (χ1) is 17.6. The maximum Gasteiger partial charge on any atom is 0.323 e. The smallest absolute Gasteiger partial charge is 0.323 e. The van der Waals surface area contributed by atoms with Crippen LogP contribution in [0.2, 0.25) is 0 Å². The van der Waals surface area contributed by atoms with E-state index in [9.17, 15) is 9.18 Å². The highest BCUT2D eigenvalue weighted by atomic mass is 19.1. The molecule has 36 heavy (non-hydrogen) atoms. The first-order valence-electron chi connectivity index (χ1n) is 11.4. The van der Waals surface area contributed by atoms with E-state index >= 15 is 0 Å². The van der Waals surface area contributed by atoms with Crippen LogP contribution < -0.4 is 25.6 Å². The van der Waals surface area contributed by atoms with Gasteiger partial charge in [-0.3, -0.25) is 4.98 Å². The van der Waals surface area contributed by atoms with Crippen LogP contribution in [0.4, 0.5) is 26.4 Å². The van der Waals surface area contributed by atoms with E-state index in [-0.39, 0.29) is 11.3 Å². The molecule has 2 heterocycles. The van der Waals surface area contributed by atoms with Crippen molar-refractivity contribution in [1.82, 2.24) is 15.3 Å². The molecule has 1 aliphatic rings. The summed E-state index contributed by atoms with van der Waals surface area (Å²) in [6, 6.07) is 17.4. The predicted octanol–water partition coefficient (Wildman–Crippen LogP) is 4.49. The maximum absolute atomic E-state index is 13.7. The lowest BCUT2D eigenvalue weighted by Crippen LogP contribution is -2.43. The summed E-state index contributed by atoms with van der Waals surface area (Å²) in [5, 5.41) is 17.3. The van der Waals surface area contributed by atoms with Gasteiger partial charge in [0.1, 0.15) is 29.2 Å². The lowest BCUT2D eigenvalue weighted by molar-refractivity contribution is 0.262. The molecule has 2 amide bonds. The molecule has 0 saturated carbocycles. The van der Waals surface area contributed by atoms with E-state index in [0.29, 0.717) is 17.2 Å². The van der Waals surface area contributed by atoms with Gasteiger partial charge in [0.15, 0.2) is 0 Å². The van der Waals surface area contributed by atoms with Gasteiger partial charge in [-0.25, -0.2) is 14.2 Å². The number of benzene rings is 3. The number of urea groups is 1. The summed E-state index contributed by atoms with van der Waals surface area (Å²) in [7, 11) is 0. The number of fused-ring (bicyclic) bond motifs is 1. The van der Waals surface area contributed by atoms with Crippen molar-refractivity contribution in [2.75, 3.05) is 41.7 Å². The molecule has 0 bridgehead atoms. The Bertz CT molecular complexity index is 1450. The minimum Gasteiger partial charge on any atom is -0.457 e. The van der Waals surface area contributed by atoms with Crippen LogP contribution in [0.1, 0.15) is 5.56 Å². The molecule has 3 N–H and O–H groups in total. The second kappa shape index (κ2) is 10.2. The molecule has 3 aromatic carbocycles. The Labute approximate surface area is 206 Å². The van der Waals surface area contributed by atoms with E-state index < -0.39 is 11.8 Å². The highest BCUT2D eigenvalue weighted by Gasteiger charge is 2.13. The second-order valence-corrected chi connectivity index (χ2v) is 8.13. The monoisotopic (exact) mass is 483 g/mol. The van der Waals surface area contributed by atoms with Gasteiger partial charge in [0.25, 0.3) is 0 Å². The molecule has 0 atom stereocenters. The zero-order valence-electron chi connectivity index (χ0n) is 19.2. The van der Waals surface area contributed by atoms with E-state index in [1.54, 1.807) is 36.5 Å². The third kappa shape index (κ3) is 5.32. The minimum atomic E-state index is -0.698. The maximum atomic E-state index is 13.7. The summed E-state index contributed by atoms with van der Waals surface area (Å²) in [5.74, 6) is 1.35. The summed E-state index contributed by atoms with van der Waals surface area (Å²) in [6.07, 6.45) is 1.80. The summed E-state index contributed by atoms with van der Waals surface area (Å²) < 4.78 is 19.7. The van der Waals surface area contributed by atoms with Gasteiger partial charge in [-0.2, -0.15) is 5.26 Å². The molecule has 1 aliphatic heterocycles. The molecule has 10 heteroatoms. The Morgan fingerprint density at radius 1 is 0.972 bits per heavy atom. The number of piperazine rings is 1. The average molecular weight is 484 g/mol. The van der Waals surface area contributed by atoms with Crippen molar-refractivity contribution in [1.29, 1.82) is 5.26 Å². The van der Waals surface area contributed by atoms with Gasteiger partial charge in [0.2, 0.25) is 0 Å². The highest BCUT2D eigenvalue weighted by molar-refractivity contribution is 5.99. The van der Waals surface area contributed by atoms with Gasteiger partial charge >= 0.3 is 6.03 Å². The molecule has 1 saturated heterocycles. The van der Waals surface area contributed by atoms with Crippen molar-refractivity contribution >= 4 is 34.3 Å². The number of carbonyl (C=O) groups is 1. The summed E-state index contributed by atoms with van der Waals surface area (Å²) in [6.45, 7) is 3.62. The Balaban J connectivity index is 1.22. The van der Waals surface area contributed by atoms with Crippen LogP contribution in [0.5, 0.6) is 11.5 Å². The summed E-state index contributed by atoms with van der Waals surface area (Å²) >= 11 is 0. The number of ether oxygens (including phenoxy) is 1. The number of rotatable bonds is 5. The molecule has 0 radical (unpaired) electrons. The number of nitrogens with zero attached hydrogens (tertiary/aromatic N) is 4. The molecule has 5 rings (SSSR count). The fourth-order valence-corrected chi connectivity index (χ4v) is 3.81. The van der Waals surface area contributed by atoms with Crippen molar-refractivity contribution in [3.8, 4) is 17.6 Å². The number of nitriles is 1. The number of amides is 2. The zero-order valence-corrected chi connectivity index (χ0v) is 19.2. The van der Waals surface area contributed by atoms with Crippen molar-refractivity contribution in [3.63, 3.8) is 0 Å². The van der Waals surface area contributed by atoms with Crippen LogP contribution in [0.3, 0.4) is 0 Å². The normalized spacial score (nSPS) is 13.2. The molecular weight excluding hydrogens is 461 g/mol. The van der Waals surface area contributed by atoms with Crippen LogP contribution in [0.25, 0.3) is 11.0 Å². The summed E-state index contributed by atoms with van der Waals surface area (Å²) in [4.78, 5) is 23.7. The lowest BCUT2D eigenvalue weighted by atomic mass is 10.2. The number of hydrogen-bond donors (Lipinski definition) is 3. The first kappa shape index (κ1) is 23.0. The number of hydrogen-bond acceptors (Lipinski definition) is 7. The molecule has 1 aromatic heterocycles. The topological polar surface area (TPSA) is 115 Å². The van der Waals surface area contributed by atoms with E-state index in [2.05, 4.69) is 25.8 Å². The van der Waals surface area contributed by atoms with E-state index in [0.717, 1.165) is 49.1 Å². The molecule has 0 aliphatic carbocycles. The van der Waals surface area contributed by atoms with Crippen LogP contribution >= 0.6 is 0 Å². The van der Waals surface area contributed by atoms with Crippen molar-refractivity contribution in [2.24, 2.45) is 0 Å². The Kier molecular flexibility index (Phi) is 6.55. The molecule has 0 unspecified atom stereocenters. The van der Waals surface area contributed by atoms with Crippen molar-refractivity contribution < 1.29 is 13.9 Å². The zero-order chi connectivity index (χ0) is 24.9. The molecule has 4 aromatic rings. The minimum absolute atomic E-state index is 0.0880. The van der Waals surface area contributed by atoms with Gasteiger partial charge < -0.3 is 25.6 Å². The van der Waals surface area contributed by atoms with Gasteiger partial charge in [-0.1, -0.05) is 0 Å². The molecule has 0 spiro atoms. The fourth-order valence-electron chi connectivity index (χ4n) is 3.81. The number of nitrogens with one attached hydrogen (secondary N) is 3. The number of aromatic nitrogens is 2. The molecule has 180 valence electrons. The molecular formula is C26H22FN7O2. The largest absolute Gasteiger partial charge is 0.457 e. The Morgan fingerprint density at radius 3 is 2.44 bits per heavy atom. The third-order valence-corrected chi connectivity index (χ3v) is 5.64. The van der Waals surface area contributed by atoms with E-state index in [4.69, 9.17) is 15.0 Å². The molecule has 9 nitrogen and oxygen atoms in total. The van der Waals surface area contributed by atoms with Gasteiger partial charge in [-0.05, 0) is 54.6 Å². The quantitative estimate of drug-likeness (QED) is 0.383. The van der Waals surface area contributed by atoms with Crippen LogP contribution in [-0.2, 0) is 0 Å². The SMILES string of the molecule is N#Cc1ccc(NC(=O)Nc2ccc(Oc3ccc4ncc(N5CCNCC5)nc4c3)cc2)cc1F. The van der Waals surface area contributed by atoms with E-state index in [1.807, 2.05) is 18.2 Å². The average Bonchev–Trinajstić information content (AvgIpc) is 2.90. The molecule has 1 fully saturated rings. The van der Waals surface area contributed by atoms with Gasteiger partial charge in [-0.15, -0.1) is 0 Å². The Hall–Kier alpha value is -4.75. The van der Waals surface area contributed by atoms with Crippen LogP contribution in [-0.4, -0.2) is 42.2 Å². The van der Waals surface area contributed by atoms with Crippen molar-refractivity contribution in [3.05, 3.63) is 78.2 Å². The second-order valence-electron chi connectivity index (χ2n) is 8.13. The Morgan fingerprint density at radius 2 is 1.69 bits per heavy atom. The van der Waals surface area contributed by atoms with E-state index in [1.165, 1.54) is 12.1 Å². The third-order valence-electron chi connectivity index (χ3n) is 5.64. The van der Waals surface area contributed by atoms with Crippen LogP contribution in [0, 0.1) is 17.1 Å². The lowest BCUT2D eigenvalue weighted by Gasteiger charge is -2.28. The standard InChI is InChI=1S/C26H22FN7O2/c27-22-13-19(2-1-17(22)15-28)32-26(35)31-18-3-5-20(6-4-18)36-21-7-8-23-24(14-21)33-25(16-30-23)34-11-9-29-10-12-34/h1-8,13-14,16,29H,9-12H2,(H2,31,32,35). The van der Waals surface area contributed by atoms with Crippen molar-refractivity contribution in [2.45, 2.75) is 0 Å².